The molecule has 110 valence electrons. The van der Waals surface area contributed by atoms with Crippen LogP contribution in [0.1, 0.15) is 27.3 Å². The van der Waals surface area contributed by atoms with E-state index in [0.29, 0.717) is 5.69 Å². The zero-order valence-electron chi connectivity index (χ0n) is 12.7. The van der Waals surface area contributed by atoms with Gasteiger partial charge >= 0.3 is 0 Å². The quantitative estimate of drug-likeness (QED) is 0.788. The smallest absolute Gasteiger partial charge is 0.276 e. The van der Waals surface area contributed by atoms with Crippen LogP contribution < -0.4 is 5.32 Å². The predicted molar refractivity (Wildman–Crippen MR) is 87.3 cm³/mol. The Kier molecular flexibility index (Phi) is 2.79. The lowest BCUT2D eigenvalue weighted by molar-refractivity contribution is 0.102. The Balaban J connectivity index is 1.75. The molecule has 1 heterocycles. The van der Waals surface area contributed by atoms with Gasteiger partial charge in [-0.15, -0.1) is 0 Å². The standard InChI is InChI=1S/C18H17N3O/c1-11-10-16(20-21(11)2)18(22)19-15-9-8-13-7-6-12-4-3-5-14(15)17(12)13/h3-5,8-10H,6-7H2,1-2H3,(H,19,22). The molecule has 0 spiro atoms. The third-order valence-corrected chi connectivity index (χ3v) is 4.47. The molecule has 0 aliphatic heterocycles. The summed E-state index contributed by atoms with van der Waals surface area (Å²) in [6.45, 7) is 1.93. The first kappa shape index (κ1) is 13.1. The number of amides is 1. The van der Waals surface area contributed by atoms with Crippen LogP contribution in [-0.2, 0) is 19.9 Å². The molecule has 4 nitrogen and oxygen atoms in total. The van der Waals surface area contributed by atoms with Crippen molar-refractivity contribution in [1.29, 1.82) is 0 Å². The van der Waals surface area contributed by atoms with Crippen LogP contribution in [0, 0.1) is 6.92 Å². The van der Waals surface area contributed by atoms with Crippen molar-refractivity contribution in [2.45, 2.75) is 19.8 Å². The first-order valence-corrected chi connectivity index (χ1v) is 7.49. The fraction of sp³-hybridized carbons (Fsp3) is 0.222. The molecule has 22 heavy (non-hydrogen) atoms. The largest absolute Gasteiger partial charge is 0.320 e. The predicted octanol–water partition coefficient (Wildman–Crippen LogP) is 3.23. The second-order valence-corrected chi connectivity index (χ2v) is 5.86. The van der Waals surface area contributed by atoms with Gasteiger partial charge in [-0.05, 0) is 48.4 Å². The van der Waals surface area contributed by atoms with Gasteiger partial charge in [-0.1, -0.05) is 24.3 Å². The Hall–Kier alpha value is -2.62. The Morgan fingerprint density at radius 1 is 1.18 bits per heavy atom. The van der Waals surface area contributed by atoms with E-state index >= 15 is 0 Å². The molecular formula is C18H17N3O. The average molecular weight is 291 g/mol. The summed E-state index contributed by atoms with van der Waals surface area (Å²) in [7, 11) is 1.84. The lowest BCUT2D eigenvalue weighted by Gasteiger charge is -2.09. The van der Waals surface area contributed by atoms with Gasteiger partial charge in [-0.3, -0.25) is 9.48 Å². The number of carbonyl (C=O) groups is 1. The monoisotopic (exact) mass is 291 g/mol. The van der Waals surface area contributed by atoms with Gasteiger partial charge in [0.05, 0.1) is 0 Å². The van der Waals surface area contributed by atoms with Crippen LogP contribution >= 0.6 is 0 Å². The Labute approximate surface area is 128 Å². The number of carbonyl (C=O) groups excluding carboxylic acids is 1. The van der Waals surface area contributed by atoms with Crippen LogP contribution in [0.5, 0.6) is 0 Å². The highest BCUT2D eigenvalue weighted by molar-refractivity contribution is 6.09. The minimum absolute atomic E-state index is 0.164. The molecule has 2 aromatic carbocycles. The number of aryl methyl sites for hydroxylation is 4. The van der Waals surface area contributed by atoms with E-state index in [2.05, 4.69) is 34.7 Å². The molecule has 0 bridgehead atoms. The van der Waals surface area contributed by atoms with Crippen molar-refractivity contribution in [3.05, 3.63) is 58.9 Å². The highest BCUT2D eigenvalue weighted by atomic mass is 16.1. The molecule has 0 radical (unpaired) electrons. The van der Waals surface area contributed by atoms with Crippen LogP contribution in [0.2, 0.25) is 0 Å². The van der Waals surface area contributed by atoms with E-state index in [0.717, 1.165) is 29.6 Å². The van der Waals surface area contributed by atoms with E-state index in [1.165, 1.54) is 16.5 Å². The van der Waals surface area contributed by atoms with Gasteiger partial charge in [0.25, 0.3) is 5.91 Å². The molecule has 0 atom stereocenters. The van der Waals surface area contributed by atoms with Gasteiger partial charge in [-0.2, -0.15) is 5.10 Å². The third-order valence-electron chi connectivity index (χ3n) is 4.47. The van der Waals surface area contributed by atoms with Gasteiger partial charge in [0.2, 0.25) is 0 Å². The molecule has 1 aliphatic rings. The molecule has 1 aliphatic carbocycles. The number of aromatic nitrogens is 2. The van der Waals surface area contributed by atoms with Crippen LogP contribution in [0.3, 0.4) is 0 Å². The molecule has 3 aromatic rings. The van der Waals surface area contributed by atoms with Crippen molar-refractivity contribution in [3.63, 3.8) is 0 Å². The first-order valence-electron chi connectivity index (χ1n) is 7.49. The Morgan fingerprint density at radius 2 is 1.95 bits per heavy atom. The summed E-state index contributed by atoms with van der Waals surface area (Å²) in [6, 6.07) is 12.2. The molecule has 4 heteroatoms. The highest BCUT2D eigenvalue weighted by Crippen LogP contribution is 2.35. The van der Waals surface area contributed by atoms with E-state index in [-0.39, 0.29) is 5.91 Å². The second kappa shape index (κ2) is 4.70. The van der Waals surface area contributed by atoms with Crippen molar-refractivity contribution >= 4 is 22.4 Å². The van der Waals surface area contributed by atoms with Crippen molar-refractivity contribution in [1.82, 2.24) is 9.78 Å². The molecule has 0 unspecified atom stereocenters. The zero-order chi connectivity index (χ0) is 15.3. The van der Waals surface area contributed by atoms with Crippen LogP contribution in [0.25, 0.3) is 10.8 Å². The normalized spacial score (nSPS) is 12.8. The van der Waals surface area contributed by atoms with E-state index < -0.39 is 0 Å². The third kappa shape index (κ3) is 1.91. The average Bonchev–Trinajstić information content (AvgIpc) is 3.08. The molecule has 0 saturated heterocycles. The highest BCUT2D eigenvalue weighted by Gasteiger charge is 2.18. The Morgan fingerprint density at radius 3 is 2.68 bits per heavy atom. The molecule has 0 fully saturated rings. The van der Waals surface area contributed by atoms with Crippen molar-refractivity contribution < 1.29 is 4.79 Å². The minimum atomic E-state index is -0.164. The van der Waals surface area contributed by atoms with Crippen molar-refractivity contribution in [3.8, 4) is 0 Å². The van der Waals surface area contributed by atoms with Crippen molar-refractivity contribution in [2.75, 3.05) is 5.32 Å². The first-order chi connectivity index (χ1) is 10.6. The van der Waals surface area contributed by atoms with Gasteiger partial charge in [0, 0.05) is 23.8 Å². The van der Waals surface area contributed by atoms with Crippen LogP contribution in [0.15, 0.2) is 36.4 Å². The summed E-state index contributed by atoms with van der Waals surface area (Å²) in [6.07, 6.45) is 2.17. The summed E-state index contributed by atoms with van der Waals surface area (Å²) in [5, 5.41) is 9.67. The summed E-state index contributed by atoms with van der Waals surface area (Å²) in [5.74, 6) is -0.164. The lowest BCUT2D eigenvalue weighted by atomic mass is 10.0. The maximum absolute atomic E-state index is 12.4. The number of nitrogens with one attached hydrogen (secondary N) is 1. The molecular weight excluding hydrogens is 274 g/mol. The summed E-state index contributed by atoms with van der Waals surface area (Å²) in [4.78, 5) is 12.4. The van der Waals surface area contributed by atoms with Gasteiger partial charge in [0.15, 0.2) is 5.69 Å². The molecule has 1 amide bonds. The minimum Gasteiger partial charge on any atom is -0.320 e. The van der Waals surface area contributed by atoms with E-state index in [4.69, 9.17) is 0 Å². The Bertz CT molecular complexity index is 878. The lowest BCUT2D eigenvalue weighted by Crippen LogP contribution is -2.13. The fourth-order valence-electron chi connectivity index (χ4n) is 3.21. The SMILES string of the molecule is Cc1cc(C(=O)Nc2ccc3c4c(cccc24)CC3)nn1C. The number of rotatable bonds is 2. The molecule has 4 rings (SSSR count). The number of hydrogen-bond acceptors (Lipinski definition) is 2. The zero-order valence-corrected chi connectivity index (χ0v) is 12.7. The van der Waals surface area contributed by atoms with E-state index in [1.807, 2.05) is 20.0 Å². The number of hydrogen-bond donors (Lipinski definition) is 1. The maximum atomic E-state index is 12.4. The van der Waals surface area contributed by atoms with Gasteiger partial charge < -0.3 is 5.32 Å². The maximum Gasteiger partial charge on any atom is 0.276 e. The molecule has 1 aromatic heterocycles. The summed E-state index contributed by atoms with van der Waals surface area (Å²) >= 11 is 0. The van der Waals surface area contributed by atoms with E-state index in [9.17, 15) is 4.79 Å². The molecule has 0 saturated carbocycles. The fourth-order valence-corrected chi connectivity index (χ4v) is 3.21. The van der Waals surface area contributed by atoms with Crippen LogP contribution in [0.4, 0.5) is 5.69 Å². The number of anilines is 1. The summed E-state index contributed by atoms with van der Waals surface area (Å²) < 4.78 is 1.71. The number of nitrogens with zero attached hydrogens (tertiary/aromatic N) is 2. The second-order valence-electron chi connectivity index (χ2n) is 5.86. The van der Waals surface area contributed by atoms with Gasteiger partial charge in [-0.25, -0.2) is 0 Å². The van der Waals surface area contributed by atoms with Crippen LogP contribution in [-0.4, -0.2) is 15.7 Å². The molecule has 1 N–H and O–H groups in total. The van der Waals surface area contributed by atoms with E-state index in [1.54, 1.807) is 10.7 Å². The topological polar surface area (TPSA) is 46.9 Å². The van der Waals surface area contributed by atoms with Crippen molar-refractivity contribution in [2.24, 2.45) is 7.05 Å². The summed E-state index contributed by atoms with van der Waals surface area (Å²) in [5.41, 5.74) is 5.01. The number of benzene rings is 2. The van der Waals surface area contributed by atoms with Gasteiger partial charge in [0.1, 0.15) is 0 Å².